The highest BCUT2D eigenvalue weighted by Crippen LogP contribution is 2.22. The summed E-state index contributed by atoms with van der Waals surface area (Å²) in [5.74, 6) is -0.109. The number of esters is 1. The molecular weight excluding hydrogens is 400 g/mol. The van der Waals surface area contributed by atoms with Gasteiger partial charge in [-0.1, -0.05) is 40.2 Å². The van der Waals surface area contributed by atoms with Crippen LogP contribution in [0.25, 0.3) is 11.3 Å². The molecule has 5 nitrogen and oxygen atoms in total. The summed E-state index contributed by atoms with van der Waals surface area (Å²) < 4.78 is 11.3. The third-order valence-electron chi connectivity index (χ3n) is 3.65. The fraction of sp³-hybridized carbons (Fsp3) is 0.0500. The Morgan fingerprint density at radius 2 is 1.58 bits per heavy atom. The van der Waals surface area contributed by atoms with Crippen molar-refractivity contribution in [3.63, 3.8) is 0 Å². The second-order valence-electron chi connectivity index (χ2n) is 5.40. The molecule has 0 radical (unpaired) electrons. The van der Waals surface area contributed by atoms with Gasteiger partial charge in [-0.2, -0.15) is 0 Å². The average Bonchev–Trinajstić information content (AvgIpc) is 3.16. The molecule has 0 fully saturated rings. The summed E-state index contributed by atoms with van der Waals surface area (Å²) in [6, 6.07) is 16.6. The van der Waals surface area contributed by atoms with Gasteiger partial charge in [0.1, 0.15) is 5.76 Å². The molecule has 2 aromatic carbocycles. The molecule has 0 aliphatic heterocycles. The minimum absolute atomic E-state index is 0.231. The van der Waals surface area contributed by atoms with Crippen LogP contribution in [0, 0.1) is 0 Å². The van der Waals surface area contributed by atoms with E-state index < -0.39 is 5.97 Å². The van der Waals surface area contributed by atoms with Crippen molar-refractivity contribution in [3.05, 3.63) is 82.0 Å². The molecule has 0 aliphatic rings. The van der Waals surface area contributed by atoms with Crippen LogP contribution < -0.4 is 0 Å². The van der Waals surface area contributed by atoms with Crippen LogP contribution in [0.5, 0.6) is 0 Å². The topological polar surface area (TPSA) is 73.6 Å². The molecule has 0 spiro atoms. The number of Topliss-reactive ketones (excluding diaryl/α,β-unsaturated/α-hetero) is 1. The molecule has 0 aliphatic carbocycles. The molecule has 1 heterocycles. The van der Waals surface area contributed by atoms with E-state index in [1.807, 2.05) is 0 Å². The summed E-state index contributed by atoms with van der Waals surface area (Å²) in [6.07, 6.45) is 0.623. The number of hydrogen-bond donors (Lipinski definition) is 0. The predicted octanol–water partition coefficient (Wildman–Crippen LogP) is 4.56. The Bertz CT molecular complexity index is 939. The number of furan rings is 1. The lowest BCUT2D eigenvalue weighted by Crippen LogP contribution is -2.14. The van der Waals surface area contributed by atoms with Gasteiger partial charge in [-0.15, -0.1) is 0 Å². The van der Waals surface area contributed by atoms with Gasteiger partial charge < -0.3 is 9.15 Å². The Morgan fingerprint density at radius 1 is 0.923 bits per heavy atom. The Morgan fingerprint density at radius 3 is 2.19 bits per heavy atom. The maximum Gasteiger partial charge on any atom is 0.338 e. The van der Waals surface area contributed by atoms with Crippen molar-refractivity contribution < 1.29 is 23.5 Å². The average molecular weight is 413 g/mol. The largest absolute Gasteiger partial charge is 0.454 e. The first kappa shape index (κ1) is 17.8. The summed E-state index contributed by atoms with van der Waals surface area (Å²) in [4.78, 5) is 34.8. The lowest BCUT2D eigenvalue weighted by atomic mass is 10.1. The number of halogens is 1. The van der Waals surface area contributed by atoms with E-state index in [-0.39, 0.29) is 18.2 Å². The molecular formula is C20H13BrO5. The highest BCUT2D eigenvalue weighted by Gasteiger charge is 2.12. The zero-order chi connectivity index (χ0) is 18.5. The first-order valence-corrected chi connectivity index (χ1v) is 8.47. The van der Waals surface area contributed by atoms with Crippen molar-refractivity contribution in [1.29, 1.82) is 0 Å². The monoisotopic (exact) mass is 412 g/mol. The molecule has 0 saturated heterocycles. The van der Waals surface area contributed by atoms with Gasteiger partial charge >= 0.3 is 5.97 Å². The fourth-order valence-corrected chi connectivity index (χ4v) is 2.54. The number of rotatable bonds is 6. The summed E-state index contributed by atoms with van der Waals surface area (Å²) in [6.45, 7) is -0.330. The van der Waals surface area contributed by atoms with Crippen LogP contribution in [-0.4, -0.2) is 24.6 Å². The number of aldehydes is 1. The zero-order valence-electron chi connectivity index (χ0n) is 13.5. The van der Waals surface area contributed by atoms with Gasteiger partial charge in [-0.25, -0.2) is 4.79 Å². The predicted molar refractivity (Wildman–Crippen MR) is 98.3 cm³/mol. The van der Waals surface area contributed by atoms with Crippen molar-refractivity contribution in [2.45, 2.75) is 0 Å². The molecule has 0 unspecified atom stereocenters. The maximum atomic E-state index is 12.1. The lowest BCUT2D eigenvalue weighted by molar-refractivity contribution is 0.0474. The highest BCUT2D eigenvalue weighted by molar-refractivity contribution is 9.10. The van der Waals surface area contributed by atoms with Gasteiger partial charge in [-0.05, 0) is 36.4 Å². The summed E-state index contributed by atoms with van der Waals surface area (Å²) in [5, 5.41) is 0. The standard InChI is InChI=1S/C20H13BrO5/c21-16-7-5-13(6-8-16)18(23)12-25-20(24)15-3-1-14(2-4-15)19-10-9-17(11-22)26-19/h1-11H,12H2. The van der Waals surface area contributed by atoms with Crippen molar-refractivity contribution >= 4 is 34.0 Å². The third-order valence-corrected chi connectivity index (χ3v) is 4.18. The molecule has 0 amide bonds. The molecule has 6 heteroatoms. The third kappa shape index (κ3) is 4.15. The van der Waals surface area contributed by atoms with Gasteiger partial charge in [0, 0.05) is 15.6 Å². The van der Waals surface area contributed by atoms with Crippen LogP contribution in [0.1, 0.15) is 31.3 Å². The SMILES string of the molecule is O=Cc1ccc(-c2ccc(C(=O)OCC(=O)c3ccc(Br)cc3)cc2)o1. The number of ketones is 1. The first-order chi connectivity index (χ1) is 12.6. The molecule has 3 aromatic rings. The van der Waals surface area contributed by atoms with Crippen LogP contribution in [0.2, 0.25) is 0 Å². The van der Waals surface area contributed by atoms with Crippen molar-refractivity contribution in [2.24, 2.45) is 0 Å². The van der Waals surface area contributed by atoms with Crippen molar-refractivity contribution in [1.82, 2.24) is 0 Å². The van der Waals surface area contributed by atoms with Gasteiger partial charge in [0.15, 0.2) is 24.4 Å². The second kappa shape index (κ2) is 7.93. The van der Waals surface area contributed by atoms with E-state index in [9.17, 15) is 14.4 Å². The minimum atomic E-state index is -0.588. The van der Waals surface area contributed by atoms with Crippen molar-refractivity contribution in [3.8, 4) is 11.3 Å². The van der Waals surface area contributed by atoms with E-state index in [2.05, 4.69) is 15.9 Å². The summed E-state index contributed by atoms with van der Waals surface area (Å²) >= 11 is 3.29. The number of carbonyl (C=O) groups is 3. The fourth-order valence-electron chi connectivity index (χ4n) is 2.28. The highest BCUT2D eigenvalue weighted by atomic mass is 79.9. The smallest absolute Gasteiger partial charge is 0.338 e. The Hall–Kier alpha value is -2.99. The molecule has 3 rings (SSSR count). The van der Waals surface area contributed by atoms with E-state index in [0.29, 0.717) is 23.2 Å². The van der Waals surface area contributed by atoms with E-state index in [0.717, 1.165) is 10.0 Å². The van der Waals surface area contributed by atoms with E-state index in [1.165, 1.54) is 0 Å². The number of benzene rings is 2. The van der Waals surface area contributed by atoms with Gasteiger partial charge in [0.25, 0.3) is 0 Å². The van der Waals surface area contributed by atoms with Crippen LogP contribution >= 0.6 is 15.9 Å². The van der Waals surface area contributed by atoms with Gasteiger partial charge in [0.05, 0.1) is 5.56 Å². The van der Waals surface area contributed by atoms with E-state index in [1.54, 1.807) is 60.7 Å². The Balaban J connectivity index is 1.62. The van der Waals surface area contributed by atoms with Crippen LogP contribution in [0.15, 0.2) is 69.6 Å². The normalized spacial score (nSPS) is 10.3. The molecule has 0 N–H and O–H groups in total. The van der Waals surface area contributed by atoms with E-state index >= 15 is 0 Å². The first-order valence-electron chi connectivity index (χ1n) is 7.68. The molecule has 0 saturated carbocycles. The minimum Gasteiger partial charge on any atom is -0.454 e. The Labute approximate surface area is 157 Å². The number of carbonyl (C=O) groups excluding carboxylic acids is 3. The molecule has 0 atom stereocenters. The van der Waals surface area contributed by atoms with Crippen LogP contribution in [0.3, 0.4) is 0 Å². The van der Waals surface area contributed by atoms with Gasteiger partial charge in [-0.3, -0.25) is 9.59 Å². The maximum absolute atomic E-state index is 12.1. The van der Waals surface area contributed by atoms with Crippen LogP contribution in [-0.2, 0) is 4.74 Å². The molecule has 26 heavy (non-hydrogen) atoms. The van der Waals surface area contributed by atoms with E-state index in [4.69, 9.17) is 9.15 Å². The summed E-state index contributed by atoms with van der Waals surface area (Å²) in [5.41, 5.74) is 1.51. The summed E-state index contributed by atoms with van der Waals surface area (Å²) in [7, 11) is 0. The molecule has 130 valence electrons. The quantitative estimate of drug-likeness (QED) is 0.337. The Kier molecular flexibility index (Phi) is 5.43. The molecule has 1 aromatic heterocycles. The number of ether oxygens (including phenoxy) is 1. The second-order valence-corrected chi connectivity index (χ2v) is 6.32. The van der Waals surface area contributed by atoms with Crippen molar-refractivity contribution in [2.75, 3.05) is 6.61 Å². The number of hydrogen-bond acceptors (Lipinski definition) is 5. The zero-order valence-corrected chi connectivity index (χ0v) is 15.1. The van der Waals surface area contributed by atoms with Crippen LogP contribution in [0.4, 0.5) is 0 Å². The van der Waals surface area contributed by atoms with Gasteiger partial charge in [0.2, 0.25) is 0 Å². The lowest BCUT2D eigenvalue weighted by Gasteiger charge is -2.05. The molecule has 0 bridgehead atoms.